The zero-order valence-electron chi connectivity index (χ0n) is 10.4. The molecule has 0 radical (unpaired) electrons. The van der Waals surface area contributed by atoms with Crippen molar-refractivity contribution in [3.63, 3.8) is 0 Å². The minimum Gasteiger partial charge on any atom is -0.478 e. The Morgan fingerprint density at radius 3 is 2.76 bits per heavy atom. The lowest BCUT2D eigenvalue weighted by Gasteiger charge is -2.07. The smallest absolute Gasteiger partial charge is 0.339 e. The first-order valence-electron chi connectivity index (χ1n) is 5.74. The number of carbonyl (C=O) groups is 1. The van der Waals surface area contributed by atoms with Crippen LogP contribution in [0.2, 0.25) is 0 Å². The van der Waals surface area contributed by atoms with Crippen LogP contribution in [0.25, 0.3) is 0 Å². The SMILES string of the molecule is CCCc1nc(CSC(C)C)ncc1C(=O)O. The van der Waals surface area contributed by atoms with Crippen molar-refractivity contribution in [2.24, 2.45) is 0 Å². The summed E-state index contributed by atoms with van der Waals surface area (Å²) in [5.41, 5.74) is 0.875. The van der Waals surface area contributed by atoms with Crippen molar-refractivity contribution in [3.8, 4) is 0 Å². The molecule has 1 heterocycles. The molecule has 1 aromatic rings. The molecule has 5 heteroatoms. The molecule has 0 saturated carbocycles. The first kappa shape index (κ1) is 14.0. The van der Waals surface area contributed by atoms with Crippen LogP contribution in [0.5, 0.6) is 0 Å². The van der Waals surface area contributed by atoms with Gasteiger partial charge in [-0.25, -0.2) is 14.8 Å². The van der Waals surface area contributed by atoms with Gasteiger partial charge in [-0.2, -0.15) is 11.8 Å². The standard InChI is InChI=1S/C12H18N2O2S/c1-4-5-10-9(12(15)16)6-13-11(14-10)7-17-8(2)3/h6,8H,4-5,7H2,1-3H3,(H,15,16). The summed E-state index contributed by atoms with van der Waals surface area (Å²) in [5.74, 6) is 0.502. The highest BCUT2D eigenvalue weighted by molar-refractivity contribution is 7.99. The van der Waals surface area contributed by atoms with Gasteiger partial charge in [0.1, 0.15) is 5.82 Å². The van der Waals surface area contributed by atoms with Gasteiger partial charge in [-0.1, -0.05) is 27.2 Å². The van der Waals surface area contributed by atoms with Gasteiger partial charge in [-0.05, 0) is 11.7 Å². The van der Waals surface area contributed by atoms with E-state index in [1.165, 1.54) is 6.20 Å². The minimum atomic E-state index is -0.948. The van der Waals surface area contributed by atoms with E-state index in [9.17, 15) is 4.79 Å². The molecular formula is C12H18N2O2S. The number of rotatable bonds is 6. The zero-order valence-corrected chi connectivity index (χ0v) is 11.3. The Morgan fingerprint density at radius 2 is 2.24 bits per heavy atom. The second-order valence-corrected chi connectivity index (χ2v) is 5.63. The van der Waals surface area contributed by atoms with E-state index in [0.717, 1.165) is 18.0 Å². The van der Waals surface area contributed by atoms with Crippen molar-refractivity contribution in [2.75, 3.05) is 0 Å². The Kier molecular flexibility index (Phi) is 5.41. The molecular weight excluding hydrogens is 236 g/mol. The highest BCUT2D eigenvalue weighted by Crippen LogP contribution is 2.16. The molecule has 0 bridgehead atoms. The number of aromatic carboxylic acids is 1. The Labute approximate surface area is 106 Å². The van der Waals surface area contributed by atoms with Crippen LogP contribution in [0.1, 0.15) is 49.1 Å². The Bertz CT molecular complexity index is 394. The lowest BCUT2D eigenvalue weighted by atomic mass is 10.1. The van der Waals surface area contributed by atoms with E-state index in [4.69, 9.17) is 5.11 Å². The maximum atomic E-state index is 11.0. The van der Waals surface area contributed by atoms with Crippen LogP contribution in [0.3, 0.4) is 0 Å². The van der Waals surface area contributed by atoms with Crippen molar-refractivity contribution in [1.29, 1.82) is 0 Å². The lowest BCUT2D eigenvalue weighted by molar-refractivity contribution is 0.0694. The van der Waals surface area contributed by atoms with Crippen LogP contribution in [0.15, 0.2) is 6.20 Å². The van der Waals surface area contributed by atoms with E-state index in [1.54, 1.807) is 11.8 Å². The number of nitrogens with zero attached hydrogens (tertiary/aromatic N) is 2. The summed E-state index contributed by atoms with van der Waals surface area (Å²) in [5, 5.41) is 9.54. The number of thioether (sulfide) groups is 1. The Balaban J connectivity index is 2.89. The van der Waals surface area contributed by atoms with Gasteiger partial charge in [0.25, 0.3) is 0 Å². The molecule has 17 heavy (non-hydrogen) atoms. The fourth-order valence-electron chi connectivity index (χ4n) is 1.38. The van der Waals surface area contributed by atoms with Crippen LogP contribution in [0.4, 0.5) is 0 Å². The van der Waals surface area contributed by atoms with Crippen LogP contribution in [-0.2, 0) is 12.2 Å². The third-order valence-electron chi connectivity index (χ3n) is 2.18. The number of carboxylic acids is 1. The van der Waals surface area contributed by atoms with Crippen molar-refractivity contribution < 1.29 is 9.90 Å². The second kappa shape index (κ2) is 6.59. The summed E-state index contributed by atoms with van der Waals surface area (Å²) in [7, 11) is 0. The van der Waals surface area contributed by atoms with E-state index >= 15 is 0 Å². The average Bonchev–Trinajstić information content (AvgIpc) is 2.26. The monoisotopic (exact) mass is 254 g/mol. The molecule has 94 valence electrons. The molecule has 0 aromatic carbocycles. The van der Waals surface area contributed by atoms with Gasteiger partial charge in [0, 0.05) is 6.20 Å². The van der Waals surface area contributed by atoms with Crippen molar-refractivity contribution >= 4 is 17.7 Å². The van der Waals surface area contributed by atoms with E-state index in [-0.39, 0.29) is 5.56 Å². The van der Waals surface area contributed by atoms with Gasteiger partial charge in [0.2, 0.25) is 0 Å². The molecule has 1 N–H and O–H groups in total. The number of aromatic nitrogens is 2. The quantitative estimate of drug-likeness (QED) is 0.845. The number of hydrogen-bond donors (Lipinski definition) is 1. The third kappa shape index (κ3) is 4.34. The molecule has 0 aliphatic carbocycles. The maximum absolute atomic E-state index is 11.0. The van der Waals surface area contributed by atoms with E-state index < -0.39 is 5.97 Å². The van der Waals surface area contributed by atoms with Crippen molar-refractivity contribution in [3.05, 3.63) is 23.3 Å². The summed E-state index contributed by atoms with van der Waals surface area (Å²) < 4.78 is 0. The van der Waals surface area contributed by atoms with Crippen LogP contribution in [0, 0.1) is 0 Å². The lowest BCUT2D eigenvalue weighted by Crippen LogP contribution is -2.09. The molecule has 0 unspecified atom stereocenters. The predicted molar refractivity (Wildman–Crippen MR) is 69.4 cm³/mol. The predicted octanol–water partition coefficient (Wildman–Crippen LogP) is 2.77. The highest BCUT2D eigenvalue weighted by Gasteiger charge is 2.12. The zero-order chi connectivity index (χ0) is 12.8. The van der Waals surface area contributed by atoms with Gasteiger partial charge in [-0.15, -0.1) is 0 Å². The number of hydrogen-bond acceptors (Lipinski definition) is 4. The topological polar surface area (TPSA) is 63.1 Å². The molecule has 1 rings (SSSR count). The normalized spacial score (nSPS) is 10.8. The van der Waals surface area contributed by atoms with E-state index in [2.05, 4.69) is 23.8 Å². The fraction of sp³-hybridized carbons (Fsp3) is 0.583. The Hall–Kier alpha value is -1.10. The Morgan fingerprint density at radius 1 is 1.53 bits per heavy atom. The van der Waals surface area contributed by atoms with Crippen molar-refractivity contribution in [2.45, 2.75) is 44.6 Å². The fourth-order valence-corrected chi connectivity index (χ4v) is 2.00. The molecule has 4 nitrogen and oxygen atoms in total. The highest BCUT2D eigenvalue weighted by atomic mass is 32.2. The van der Waals surface area contributed by atoms with Crippen LogP contribution < -0.4 is 0 Å². The molecule has 1 aromatic heterocycles. The summed E-state index contributed by atoms with van der Waals surface area (Å²) in [6, 6.07) is 0. The molecule has 0 spiro atoms. The van der Waals surface area contributed by atoms with Gasteiger partial charge >= 0.3 is 5.97 Å². The largest absolute Gasteiger partial charge is 0.478 e. The van der Waals surface area contributed by atoms with Gasteiger partial charge in [-0.3, -0.25) is 0 Å². The summed E-state index contributed by atoms with van der Waals surface area (Å²) in [6.45, 7) is 6.24. The minimum absolute atomic E-state index is 0.227. The van der Waals surface area contributed by atoms with Gasteiger partial charge < -0.3 is 5.11 Å². The van der Waals surface area contributed by atoms with Gasteiger partial charge in [0.15, 0.2) is 0 Å². The summed E-state index contributed by atoms with van der Waals surface area (Å²) >= 11 is 1.75. The average molecular weight is 254 g/mol. The number of carboxylic acid groups (broad SMARTS) is 1. The maximum Gasteiger partial charge on any atom is 0.339 e. The number of aryl methyl sites for hydroxylation is 1. The summed E-state index contributed by atoms with van der Waals surface area (Å²) in [4.78, 5) is 19.4. The molecule has 0 aliphatic heterocycles. The van der Waals surface area contributed by atoms with Crippen LogP contribution >= 0.6 is 11.8 Å². The van der Waals surface area contributed by atoms with E-state index in [1.807, 2.05) is 6.92 Å². The van der Waals surface area contributed by atoms with E-state index in [0.29, 0.717) is 17.4 Å². The molecule has 0 saturated heterocycles. The first-order chi connectivity index (χ1) is 8.04. The second-order valence-electron chi connectivity index (χ2n) is 4.06. The molecule has 0 amide bonds. The first-order valence-corrected chi connectivity index (χ1v) is 6.79. The van der Waals surface area contributed by atoms with Crippen molar-refractivity contribution in [1.82, 2.24) is 9.97 Å². The van der Waals surface area contributed by atoms with Crippen LogP contribution in [-0.4, -0.2) is 26.3 Å². The molecule has 0 fully saturated rings. The van der Waals surface area contributed by atoms with Gasteiger partial charge in [0.05, 0.1) is 17.0 Å². The third-order valence-corrected chi connectivity index (χ3v) is 3.27. The molecule has 0 atom stereocenters. The summed E-state index contributed by atoms with van der Waals surface area (Å²) in [6.07, 6.45) is 2.99. The molecule has 0 aliphatic rings.